The molecule has 2 aromatic rings. The van der Waals surface area contributed by atoms with Crippen LogP contribution in [0, 0.1) is 0 Å². The Morgan fingerprint density at radius 2 is 2.30 bits per heavy atom. The number of aryl methyl sites for hydroxylation is 2. The zero-order valence-electron chi connectivity index (χ0n) is 12.1. The van der Waals surface area contributed by atoms with Gasteiger partial charge in [-0.05, 0) is 6.42 Å². The quantitative estimate of drug-likeness (QED) is 0.850. The van der Waals surface area contributed by atoms with Crippen LogP contribution in [0.4, 0.5) is 5.69 Å². The molecule has 7 nitrogen and oxygen atoms in total. The first-order valence-corrected chi connectivity index (χ1v) is 6.59. The van der Waals surface area contributed by atoms with E-state index in [0.29, 0.717) is 12.2 Å². The molecule has 0 fully saturated rings. The molecule has 108 valence electrons. The molecule has 0 aliphatic heterocycles. The number of nitrogens with one attached hydrogen (secondary N) is 1. The lowest BCUT2D eigenvalue weighted by Gasteiger charge is -2.15. The summed E-state index contributed by atoms with van der Waals surface area (Å²) < 4.78 is 1.88. The van der Waals surface area contributed by atoms with E-state index in [4.69, 9.17) is 5.73 Å². The largest absolute Gasteiger partial charge is 0.395 e. The van der Waals surface area contributed by atoms with Crippen molar-refractivity contribution in [1.82, 2.24) is 24.6 Å². The number of imidazole rings is 1. The summed E-state index contributed by atoms with van der Waals surface area (Å²) >= 11 is 0. The summed E-state index contributed by atoms with van der Waals surface area (Å²) in [6, 6.07) is 0. The molecule has 3 N–H and O–H groups in total. The second kappa shape index (κ2) is 5.77. The average molecular weight is 276 g/mol. The lowest BCUT2D eigenvalue weighted by atomic mass is 10.2. The van der Waals surface area contributed by atoms with Crippen LogP contribution < -0.4 is 5.73 Å². The molecule has 0 saturated carbocycles. The summed E-state index contributed by atoms with van der Waals surface area (Å²) in [5, 5.41) is 6.88. The SMILES string of the molecule is CCCc1[nH]nc(C(=O)N(C)Cc2nccn2C)c1N. The maximum absolute atomic E-state index is 12.3. The standard InChI is InChI=1S/C13H20N6O/c1-4-5-9-11(14)12(17-16-9)13(20)19(3)8-10-15-6-7-18(10)2/h6-7H,4-5,8,14H2,1-3H3,(H,16,17). The van der Waals surface area contributed by atoms with Crippen molar-refractivity contribution < 1.29 is 4.79 Å². The number of nitrogen functional groups attached to an aromatic ring is 1. The van der Waals surface area contributed by atoms with Gasteiger partial charge in [-0.15, -0.1) is 0 Å². The van der Waals surface area contributed by atoms with Gasteiger partial charge in [0.05, 0.1) is 17.9 Å². The number of hydrogen-bond acceptors (Lipinski definition) is 4. The maximum atomic E-state index is 12.3. The van der Waals surface area contributed by atoms with E-state index in [-0.39, 0.29) is 11.6 Å². The Kier molecular flexibility index (Phi) is 4.07. The Morgan fingerprint density at radius 3 is 2.90 bits per heavy atom. The van der Waals surface area contributed by atoms with Crippen molar-refractivity contribution in [2.24, 2.45) is 7.05 Å². The second-order valence-electron chi connectivity index (χ2n) is 4.83. The van der Waals surface area contributed by atoms with Gasteiger partial charge in [-0.3, -0.25) is 9.89 Å². The molecular weight excluding hydrogens is 256 g/mol. The van der Waals surface area contributed by atoms with Crippen LogP contribution in [0.5, 0.6) is 0 Å². The van der Waals surface area contributed by atoms with Crippen LogP contribution in [-0.4, -0.2) is 37.6 Å². The van der Waals surface area contributed by atoms with E-state index in [1.54, 1.807) is 18.1 Å². The molecule has 2 heterocycles. The van der Waals surface area contributed by atoms with Gasteiger partial charge in [0.25, 0.3) is 5.91 Å². The fourth-order valence-corrected chi connectivity index (χ4v) is 2.00. The molecule has 0 radical (unpaired) electrons. The van der Waals surface area contributed by atoms with E-state index in [9.17, 15) is 4.79 Å². The number of rotatable bonds is 5. The molecule has 0 unspecified atom stereocenters. The number of H-pyrrole nitrogens is 1. The van der Waals surface area contributed by atoms with Crippen molar-refractivity contribution in [2.75, 3.05) is 12.8 Å². The first kappa shape index (κ1) is 14.1. The van der Waals surface area contributed by atoms with Crippen molar-refractivity contribution in [2.45, 2.75) is 26.3 Å². The van der Waals surface area contributed by atoms with E-state index < -0.39 is 0 Å². The highest BCUT2D eigenvalue weighted by Crippen LogP contribution is 2.17. The zero-order chi connectivity index (χ0) is 14.7. The molecule has 0 atom stereocenters. The van der Waals surface area contributed by atoms with Crippen molar-refractivity contribution in [1.29, 1.82) is 0 Å². The number of aromatic nitrogens is 4. The topological polar surface area (TPSA) is 92.8 Å². The van der Waals surface area contributed by atoms with Gasteiger partial charge in [-0.25, -0.2) is 4.98 Å². The van der Waals surface area contributed by atoms with E-state index in [1.165, 1.54) is 0 Å². The summed E-state index contributed by atoms with van der Waals surface area (Å²) in [5.41, 5.74) is 7.52. The van der Waals surface area contributed by atoms with Crippen LogP contribution in [0.3, 0.4) is 0 Å². The third-order valence-electron chi connectivity index (χ3n) is 3.23. The van der Waals surface area contributed by atoms with Gasteiger partial charge >= 0.3 is 0 Å². The highest BCUT2D eigenvalue weighted by molar-refractivity contribution is 5.97. The molecule has 0 aromatic carbocycles. The lowest BCUT2D eigenvalue weighted by molar-refractivity contribution is 0.0775. The van der Waals surface area contributed by atoms with E-state index in [1.807, 2.05) is 17.8 Å². The van der Waals surface area contributed by atoms with Gasteiger partial charge in [0.2, 0.25) is 0 Å². The van der Waals surface area contributed by atoms with Crippen molar-refractivity contribution in [3.05, 3.63) is 29.6 Å². The molecule has 0 aliphatic rings. The molecular formula is C13H20N6O. The van der Waals surface area contributed by atoms with E-state index in [0.717, 1.165) is 24.4 Å². The normalized spacial score (nSPS) is 10.8. The Hall–Kier alpha value is -2.31. The van der Waals surface area contributed by atoms with Crippen LogP contribution in [-0.2, 0) is 20.0 Å². The first-order valence-electron chi connectivity index (χ1n) is 6.59. The van der Waals surface area contributed by atoms with Crippen LogP contribution in [0.25, 0.3) is 0 Å². The summed E-state index contributed by atoms with van der Waals surface area (Å²) in [4.78, 5) is 18.1. The van der Waals surface area contributed by atoms with E-state index >= 15 is 0 Å². The number of nitrogens with two attached hydrogens (primary N) is 1. The smallest absolute Gasteiger partial charge is 0.276 e. The van der Waals surface area contributed by atoms with Crippen LogP contribution >= 0.6 is 0 Å². The number of amides is 1. The zero-order valence-corrected chi connectivity index (χ0v) is 12.1. The van der Waals surface area contributed by atoms with Gasteiger partial charge in [0.1, 0.15) is 5.82 Å². The minimum atomic E-state index is -0.205. The van der Waals surface area contributed by atoms with Gasteiger partial charge in [0, 0.05) is 26.5 Å². The van der Waals surface area contributed by atoms with Gasteiger partial charge in [0.15, 0.2) is 5.69 Å². The number of carbonyl (C=O) groups is 1. The van der Waals surface area contributed by atoms with Crippen molar-refractivity contribution >= 4 is 11.6 Å². The highest BCUT2D eigenvalue weighted by Gasteiger charge is 2.21. The fourth-order valence-electron chi connectivity index (χ4n) is 2.00. The number of hydrogen-bond donors (Lipinski definition) is 2. The molecule has 20 heavy (non-hydrogen) atoms. The summed E-state index contributed by atoms with van der Waals surface area (Å²) in [6.07, 6.45) is 5.28. The second-order valence-corrected chi connectivity index (χ2v) is 4.83. The summed E-state index contributed by atoms with van der Waals surface area (Å²) in [6.45, 7) is 2.46. The lowest BCUT2D eigenvalue weighted by Crippen LogP contribution is -2.28. The first-order chi connectivity index (χ1) is 9.54. The number of anilines is 1. The van der Waals surface area contributed by atoms with Gasteiger partial charge < -0.3 is 15.2 Å². The number of nitrogens with zero attached hydrogens (tertiary/aromatic N) is 4. The minimum absolute atomic E-state index is 0.205. The predicted molar refractivity (Wildman–Crippen MR) is 76.0 cm³/mol. The molecule has 0 aliphatic carbocycles. The van der Waals surface area contributed by atoms with Crippen LogP contribution in [0.2, 0.25) is 0 Å². The Labute approximate surface area is 117 Å². The van der Waals surface area contributed by atoms with E-state index in [2.05, 4.69) is 22.1 Å². The molecule has 7 heteroatoms. The van der Waals surface area contributed by atoms with Crippen LogP contribution in [0.1, 0.15) is 35.4 Å². The molecule has 0 saturated heterocycles. The third-order valence-corrected chi connectivity index (χ3v) is 3.23. The molecule has 2 aromatic heterocycles. The van der Waals surface area contributed by atoms with Crippen molar-refractivity contribution in [3.8, 4) is 0 Å². The minimum Gasteiger partial charge on any atom is -0.395 e. The molecule has 1 amide bonds. The number of carbonyl (C=O) groups excluding carboxylic acids is 1. The average Bonchev–Trinajstić information content (AvgIpc) is 2.97. The summed E-state index contributed by atoms with van der Waals surface area (Å²) in [7, 11) is 3.60. The van der Waals surface area contributed by atoms with Gasteiger partial charge in [-0.2, -0.15) is 5.10 Å². The summed E-state index contributed by atoms with van der Waals surface area (Å²) in [5.74, 6) is 0.604. The molecule has 0 bridgehead atoms. The third kappa shape index (κ3) is 2.66. The van der Waals surface area contributed by atoms with Gasteiger partial charge in [-0.1, -0.05) is 13.3 Å². The molecule has 0 spiro atoms. The fraction of sp³-hybridized carbons (Fsp3) is 0.462. The van der Waals surface area contributed by atoms with Crippen LogP contribution in [0.15, 0.2) is 12.4 Å². The Morgan fingerprint density at radius 1 is 1.55 bits per heavy atom. The Balaban J connectivity index is 2.12. The highest BCUT2D eigenvalue weighted by atomic mass is 16.2. The maximum Gasteiger partial charge on any atom is 0.276 e. The Bertz CT molecular complexity index is 600. The molecule has 2 rings (SSSR count). The van der Waals surface area contributed by atoms with Crippen molar-refractivity contribution in [3.63, 3.8) is 0 Å². The number of aromatic amines is 1. The predicted octanol–water partition coefficient (Wildman–Crippen LogP) is 0.950. The monoisotopic (exact) mass is 276 g/mol.